The number of thiocarbonyl (C=S) groups is 1. The quantitative estimate of drug-likeness (QED) is 0.574. The zero-order chi connectivity index (χ0) is 20.4. The molecule has 4 atom stereocenters. The number of nitrogens with zero attached hydrogens (tertiary/aromatic N) is 1. The van der Waals surface area contributed by atoms with Gasteiger partial charge in [0.05, 0.1) is 12.0 Å². The summed E-state index contributed by atoms with van der Waals surface area (Å²) in [5.41, 5.74) is 2.83. The van der Waals surface area contributed by atoms with Gasteiger partial charge in [-0.1, -0.05) is 36.5 Å². The lowest BCUT2D eigenvalue weighted by Crippen LogP contribution is -2.50. The number of Topliss-reactive ketones (excluding diaryl/α,β-unsaturated/α-hetero) is 1. The summed E-state index contributed by atoms with van der Waals surface area (Å²) < 4.78 is 0. The van der Waals surface area contributed by atoms with Gasteiger partial charge in [0.2, 0.25) is 5.91 Å². The van der Waals surface area contributed by atoms with E-state index in [1.54, 1.807) is 4.90 Å². The molecule has 2 heterocycles. The van der Waals surface area contributed by atoms with Crippen molar-refractivity contribution in [3.8, 4) is 0 Å². The van der Waals surface area contributed by atoms with Gasteiger partial charge in [-0.05, 0) is 55.6 Å². The molecule has 3 aliphatic rings. The minimum atomic E-state index is -0.609. The van der Waals surface area contributed by atoms with Gasteiger partial charge in [-0.25, -0.2) is 0 Å². The molecule has 2 fully saturated rings. The number of ketones is 1. The van der Waals surface area contributed by atoms with Crippen molar-refractivity contribution in [1.29, 1.82) is 0 Å². The third-order valence-electron chi connectivity index (χ3n) is 6.78. The summed E-state index contributed by atoms with van der Waals surface area (Å²) >= 11 is 5.44. The molecule has 0 aromatic heterocycles. The molecule has 1 N–H and O–H groups in total. The zero-order valence-electron chi connectivity index (χ0n) is 16.6. The van der Waals surface area contributed by atoms with Crippen molar-refractivity contribution in [2.24, 2.45) is 11.8 Å². The van der Waals surface area contributed by atoms with Gasteiger partial charge in [-0.15, -0.1) is 0 Å². The van der Waals surface area contributed by atoms with Gasteiger partial charge in [0, 0.05) is 24.4 Å². The molecule has 1 amide bonds. The summed E-state index contributed by atoms with van der Waals surface area (Å²) in [7, 11) is 0. The van der Waals surface area contributed by atoms with Crippen molar-refractivity contribution in [3.63, 3.8) is 0 Å². The molecule has 0 saturated carbocycles. The van der Waals surface area contributed by atoms with E-state index in [9.17, 15) is 14.4 Å². The number of carbonyl (C=O) groups excluding carboxylic acids is 3. The molecule has 1 aromatic carbocycles. The number of fused-ring (bicyclic) bond motifs is 1. The normalized spacial score (nSPS) is 29.0. The molecule has 4 rings (SSSR count). The van der Waals surface area contributed by atoms with Crippen LogP contribution in [0.25, 0.3) is 0 Å². The number of rotatable bonds is 6. The lowest BCUT2D eigenvalue weighted by molar-refractivity contribution is -0.138. The first kappa shape index (κ1) is 20.4. The van der Waals surface area contributed by atoms with E-state index in [0.717, 1.165) is 38.4 Å². The third kappa shape index (κ3) is 4.19. The average Bonchev–Trinajstić information content (AvgIpc) is 3.37. The molecule has 6 heteroatoms. The molecule has 29 heavy (non-hydrogen) atoms. The smallest absolute Gasteiger partial charge is 0.241 e. The Labute approximate surface area is 177 Å². The molecule has 2 aliphatic heterocycles. The van der Waals surface area contributed by atoms with E-state index < -0.39 is 12.0 Å². The van der Waals surface area contributed by atoms with Crippen molar-refractivity contribution in [3.05, 3.63) is 35.4 Å². The van der Waals surface area contributed by atoms with Gasteiger partial charge in [0.15, 0.2) is 0 Å². The standard InChI is InChI=1S/C23H28N2O3S/c26-14-18-6-3-11-25(18)23(28)22-21(20(29)13-24-22)19(27)10-8-15-7-9-16-4-1-2-5-17(16)12-15/h1-2,4-5,14-15,18,21-22,24H,3,6-13H2/t15-,18+,21?,22+/m1/s1. The fourth-order valence-electron chi connectivity index (χ4n) is 5.13. The Morgan fingerprint density at radius 2 is 2.00 bits per heavy atom. The number of likely N-dealkylation sites (tertiary alicyclic amines) is 1. The van der Waals surface area contributed by atoms with Gasteiger partial charge in [-0.3, -0.25) is 9.59 Å². The molecular formula is C23H28N2O3S. The van der Waals surface area contributed by atoms with Crippen LogP contribution in [0.3, 0.4) is 0 Å². The second kappa shape index (κ2) is 8.84. The van der Waals surface area contributed by atoms with E-state index in [1.165, 1.54) is 11.1 Å². The lowest BCUT2D eigenvalue weighted by Gasteiger charge is -2.27. The zero-order valence-corrected chi connectivity index (χ0v) is 17.5. The van der Waals surface area contributed by atoms with Crippen molar-refractivity contribution >= 4 is 35.1 Å². The summed E-state index contributed by atoms with van der Waals surface area (Å²) in [6.07, 6.45) is 6.87. The molecule has 0 bridgehead atoms. The molecule has 1 aromatic rings. The summed E-state index contributed by atoms with van der Waals surface area (Å²) in [4.78, 5) is 39.6. The highest BCUT2D eigenvalue weighted by Crippen LogP contribution is 2.30. The maximum absolute atomic E-state index is 13.1. The van der Waals surface area contributed by atoms with E-state index in [0.29, 0.717) is 36.7 Å². The van der Waals surface area contributed by atoms with Gasteiger partial charge in [-0.2, -0.15) is 0 Å². The van der Waals surface area contributed by atoms with Gasteiger partial charge < -0.3 is 15.0 Å². The second-order valence-corrected chi connectivity index (χ2v) is 9.09. The van der Waals surface area contributed by atoms with E-state index in [2.05, 4.69) is 29.6 Å². The summed E-state index contributed by atoms with van der Waals surface area (Å²) in [6.45, 7) is 0.994. The number of aryl methyl sites for hydroxylation is 1. The fraction of sp³-hybridized carbons (Fsp3) is 0.565. The Balaban J connectivity index is 1.37. The Kier molecular flexibility index (Phi) is 6.20. The Morgan fingerprint density at radius 3 is 2.79 bits per heavy atom. The molecule has 1 unspecified atom stereocenters. The molecule has 5 nitrogen and oxygen atoms in total. The fourth-order valence-corrected chi connectivity index (χ4v) is 5.48. The third-order valence-corrected chi connectivity index (χ3v) is 7.17. The number of nitrogens with one attached hydrogen (secondary N) is 1. The first-order valence-corrected chi connectivity index (χ1v) is 11.1. The Hall–Kier alpha value is -1.92. The van der Waals surface area contributed by atoms with Crippen LogP contribution < -0.4 is 5.32 Å². The van der Waals surface area contributed by atoms with Crippen LogP contribution in [-0.2, 0) is 27.2 Å². The van der Waals surface area contributed by atoms with Crippen LogP contribution in [-0.4, -0.2) is 52.9 Å². The summed E-state index contributed by atoms with van der Waals surface area (Å²) in [5.74, 6) is -0.117. The van der Waals surface area contributed by atoms with E-state index in [1.807, 2.05) is 0 Å². The lowest BCUT2D eigenvalue weighted by atomic mass is 9.80. The van der Waals surface area contributed by atoms with Crippen LogP contribution in [0.1, 0.15) is 43.2 Å². The first-order valence-electron chi connectivity index (χ1n) is 10.7. The summed E-state index contributed by atoms with van der Waals surface area (Å²) in [5, 5.41) is 3.14. The van der Waals surface area contributed by atoms with Crippen LogP contribution in [0.2, 0.25) is 0 Å². The highest BCUT2D eigenvalue weighted by Gasteiger charge is 2.44. The SMILES string of the molecule is O=C[C@@H]1CCCN1C(=O)[C@H]1NCC(=S)C1C(=O)CC[C@H]1CCc2ccccc2C1. The molecule has 2 saturated heterocycles. The van der Waals surface area contributed by atoms with Crippen LogP contribution in [0.5, 0.6) is 0 Å². The van der Waals surface area contributed by atoms with Crippen molar-refractivity contribution in [2.75, 3.05) is 13.1 Å². The molecule has 0 radical (unpaired) electrons. The minimum absolute atomic E-state index is 0.0686. The first-order chi connectivity index (χ1) is 14.1. The second-order valence-electron chi connectivity index (χ2n) is 8.56. The Bertz CT molecular complexity index is 824. The maximum atomic E-state index is 13.1. The number of benzene rings is 1. The summed E-state index contributed by atoms with van der Waals surface area (Å²) in [6, 6.07) is 7.58. The number of hydrogen-bond donors (Lipinski definition) is 1. The van der Waals surface area contributed by atoms with Crippen LogP contribution in [0, 0.1) is 11.8 Å². The molecular weight excluding hydrogens is 384 g/mol. The molecule has 0 spiro atoms. The van der Waals surface area contributed by atoms with Crippen LogP contribution >= 0.6 is 12.2 Å². The highest BCUT2D eigenvalue weighted by atomic mass is 32.1. The van der Waals surface area contributed by atoms with Gasteiger partial charge in [0.25, 0.3) is 0 Å². The predicted molar refractivity (Wildman–Crippen MR) is 115 cm³/mol. The topological polar surface area (TPSA) is 66.5 Å². The Morgan fingerprint density at radius 1 is 1.21 bits per heavy atom. The number of amides is 1. The molecule has 1 aliphatic carbocycles. The average molecular weight is 413 g/mol. The van der Waals surface area contributed by atoms with E-state index in [4.69, 9.17) is 12.2 Å². The minimum Gasteiger partial charge on any atom is -0.332 e. The van der Waals surface area contributed by atoms with E-state index in [-0.39, 0.29) is 17.7 Å². The number of carbonyl (C=O) groups is 3. The number of aldehydes is 1. The monoisotopic (exact) mass is 412 g/mol. The maximum Gasteiger partial charge on any atom is 0.241 e. The highest BCUT2D eigenvalue weighted by molar-refractivity contribution is 7.80. The van der Waals surface area contributed by atoms with Crippen LogP contribution in [0.15, 0.2) is 24.3 Å². The van der Waals surface area contributed by atoms with Crippen molar-refractivity contribution < 1.29 is 14.4 Å². The van der Waals surface area contributed by atoms with Gasteiger partial charge in [0.1, 0.15) is 18.1 Å². The van der Waals surface area contributed by atoms with Crippen molar-refractivity contribution in [1.82, 2.24) is 10.2 Å². The predicted octanol–water partition coefficient (Wildman–Crippen LogP) is 2.29. The number of hydrogen-bond acceptors (Lipinski definition) is 5. The molecule has 154 valence electrons. The van der Waals surface area contributed by atoms with Crippen LogP contribution in [0.4, 0.5) is 0 Å². The van der Waals surface area contributed by atoms with Crippen molar-refractivity contribution in [2.45, 2.75) is 57.0 Å². The van der Waals surface area contributed by atoms with E-state index >= 15 is 0 Å². The van der Waals surface area contributed by atoms with Gasteiger partial charge >= 0.3 is 0 Å². The largest absolute Gasteiger partial charge is 0.332 e.